The molecule has 1 aliphatic carbocycles. The van der Waals surface area contributed by atoms with E-state index in [1.165, 1.54) is 85.6 Å². The molecule has 1 aromatic carbocycles. The molecule has 1 saturated carbocycles. The van der Waals surface area contributed by atoms with Crippen molar-refractivity contribution in [1.82, 2.24) is 0 Å². The molecule has 0 bridgehead atoms. The van der Waals surface area contributed by atoms with E-state index in [0.29, 0.717) is 5.92 Å². The van der Waals surface area contributed by atoms with Gasteiger partial charge in [0.1, 0.15) is 0 Å². The molecule has 0 aliphatic heterocycles. The van der Waals surface area contributed by atoms with Crippen LogP contribution in [0.25, 0.3) is 0 Å². The molecule has 1 aliphatic rings. The van der Waals surface area contributed by atoms with Gasteiger partial charge < -0.3 is 0 Å². The van der Waals surface area contributed by atoms with Gasteiger partial charge in [0.05, 0.1) is 0 Å². The van der Waals surface area contributed by atoms with Crippen molar-refractivity contribution in [2.24, 2.45) is 17.8 Å². The van der Waals surface area contributed by atoms with Crippen LogP contribution in [-0.2, 0) is 0 Å². The molecule has 0 spiro atoms. The van der Waals surface area contributed by atoms with Crippen LogP contribution in [-0.4, -0.2) is 0 Å². The summed E-state index contributed by atoms with van der Waals surface area (Å²) in [6.07, 6.45) is 18.1. The summed E-state index contributed by atoms with van der Waals surface area (Å²) in [7, 11) is 0. The van der Waals surface area contributed by atoms with Crippen LogP contribution in [0.5, 0.6) is 0 Å². The molecule has 0 heterocycles. The third-order valence-corrected chi connectivity index (χ3v) is 7.22. The Morgan fingerprint density at radius 1 is 0.636 bits per heavy atom. The number of benzene rings is 1. The first-order valence-corrected chi connectivity index (χ1v) is 21.4. The zero-order valence-electron chi connectivity index (χ0n) is 40.3. The number of aryl methyl sites for hydroxylation is 2. The van der Waals surface area contributed by atoms with E-state index >= 15 is 0 Å². The number of hydrogen-bond donors (Lipinski definition) is 0. The van der Waals surface area contributed by atoms with Gasteiger partial charge in [-0.1, -0.05) is 245 Å². The minimum atomic E-state index is 0. The van der Waals surface area contributed by atoms with Gasteiger partial charge in [0.25, 0.3) is 0 Å². The highest BCUT2D eigenvalue weighted by molar-refractivity contribution is 5.25. The Kier molecular flexibility index (Phi) is 85.5. The number of rotatable bonds is 11. The second-order valence-electron chi connectivity index (χ2n) is 14.0. The first-order valence-electron chi connectivity index (χ1n) is 21.4. The standard InChI is InChI=1S/C14H24.C12H20.C8H10.C4H8.2C4H10.3C2H6.3CH4/c1-6-7-14(10(2)3)12(5)11(4)13-8-9-13;1-10(2)7-6-8-12(5)9-11(3)4;1-7-3-5-8(2)6-4-7;1-4(2)3;2*1-3-4-2;3*1-2;;;/h13-14H,2,6-9H2,1,3-5H3;6-8,11H,1,9H2,2-5H3;3-6H,1-2H3;1H2,2-3H3;2*3-4H2,1-2H3;3*1-2H3;3*1H4/b12-11+;7-6-,12-8+;;;;;;;;;;. The first kappa shape index (κ1) is 77.2. The Hall–Kier alpha value is -2.34. The van der Waals surface area contributed by atoms with Gasteiger partial charge in [-0.3, -0.25) is 0 Å². The van der Waals surface area contributed by atoms with Crippen molar-refractivity contribution in [3.8, 4) is 0 Å². The number of allylic oxidation sites excluding steroid dienone is 9. The van der Waals surface area contributed by atoms with E-state index in [-0.39, 0.29) is 22.3 Å². The van der Waals surface area contributed by atoms with Crippen LogP contribution >= 0.6 is 0 Å². The molecular weight excluding hydrogens is 661 g/mol. The molecule has 1 aromatic rings. The fraction of sp³-hybridized carbons (Fsp3) is 0.673. The summed E-state index contributed by atoms with van der Waals surface area (Å²) in [5, 5.41) is 0. The predicted octanol–water partition coefficient (Wildman–Crippen LogP) is 21.3. The molecule has 55 heavy (non-hydrogen) atoms. The molecule has 2 rings (SSSR count). The van der Waals surface area contributed by atoms with Crippen molar-refractivity contribution in [2.45, 2.75) is 232 Å². The summed E-state index contributed by atoms with van der Waals surface area (Å²) >= 11 is 0. The average Bonchev–Trinajstić information content (AvgIpc) is 3.96. The lowest BCUT2D eigenvalue weighted by atomic mass is 9.86. The van der Waals surface area contributed by atoms with Crippen LogP contribution in [0.15, 0.2) is 95.7 Å². The Labute approximate surface area is 355 Å². The highest BCUT2D eigenvalue weighted by Gasteiger charge is 2.26. The lowest BCUT2D eigenvalue weighted by Gasteiger charge is -2.20. The quantitative estimate of drug-likeness (QED) is 0.155. The molecule has 0 N–H and O–H groups in total. The van der Waals surface area contributed by atoms with Crippen molar-refractivity contribution in [3.63, 3.8) is 0 Å². The van der Waals surface area contributed by atoms with Gasteiger partial charge >= 0.3 is 0 Å². The molecular formula is C55H112. The highest BCUT2D eigenvalue weighted by Crippen LogP contribution is 2.40. The second-order valence-corrected chi connectivity index (χ2v) is 14.0. The minimum absolute atomic E-state index is 0. The molecule has 0 nitrogen and oxygen atoms in total. The summed E-state index contributed by atoms with van der Waals surface area (Å²) in [5.41, 5.74) is 10.9. The molecule has 1 unspecified atom stereocenters. The van der Waals surface area contributed by atoms with Crippen LogP contribution in [0.1, 0.15) is 230 Å². The third-order valence-electron chi connectivity index (χ3n) is 7.22. The van der Waals surface area contributed by atoms with E-state index in [1.807, 2.05) is 68.4 Å². The van der Waals surface area contributed by atoms with Gasteiger partial charge in [0.15, 0.2) is 0 Å². The molecule has 0 aromatic heterocycles. The van der Waals surface area contributed by atoms with Crippen molar-refractivity contribution in [1.29, 1.82) is 0 Å². The molecule has 0 amide bonds. The Balaban J connectivity index is -0.0000000563. The van der Waals surface area contributed by atoms with E-state index in [0.717, 1.165) is 17.4 Å². The Bertz CT molecular complexity index is 936. The Morgan fingerprint density at radius 2 is 0.964 bits per heavy atom. The van der Waals surface area contributed by atoms with Crippen LogP contribution in [0.2, 0.25) is 0 Å². The summed E-state index contributed by atoms with van der Waals surface area (Å²) < 4.78 is 0. The van der Waals surface area contributed by atoms with Gasteiger partial charge in [0, 0.05) is 5.92 Å². The SMILES string of the molecule is C.C.C.C=C(C)/C=C\C=C(/C)CC(C)C.C=C(C)C.C=C(C)C(CCC)/C(C)=C(\C)C1CC1.CC.CC.CC.CCCC.CCCC.Cc1ccc(C)cc1. The third kappa shape index (κ3) is 73.4. The van der Waals surface area contributed by atoms with Gasteiger partial charge in [-0.15, -0.1) is 6.58 Å². The number of unbranched alkanes of at least 4 members (excludes halogenated alkanes) is 2. The minimum Gasteiger partial charge on any atom is -0.100 e. The fourth-order valence-corrected chi connectivity index (χ4v) is 3.96. The first-order chi connectivity index (χ1) is 24.4. The maximum atomic E-state index is 4.12. The highest BCUT2D eigenvalue weighted by atomic mass is 14.3. The maximum absolute atomic E-state index is 4.12. The predicted molar refractivity (Wildman–Crippen MR) is 273 cm³/mol. The van der Waals surface area contributed by atoms with Crippen LogP contribution in [0.4, 0.5) is 0 Å². The topological polar surface area (TPSA) is 0 Å². The van der Waals surface area contributed by atoms with Gasteiger partial charge in [0.2, 0.25) is 0 Å². The smallest absolute Gasteiger partial charge is 0.000128 e. The van der Waals surface area contributed by atoms with Gasteiger partial charge in [-0.05, 0) is 99.8 Å². The zero-order chi connectivity index (χ0) is 42.7. The van der Waals surface area contributed by atoms with Crippen LogP contribution < -0.4 is 0 Å². The van der Waals surface area contributed by atoms with Crippen molar-refractivity contribution in [2.75, 3.05) is 0 Å². The fourth-order valence-electron chi connectivity index (χ4n) is 3.96. The molecule has 0 radical (unpaired) electrons. The molecule has 0 heteroatoms. The Morgan fingerprint density at radius 3 is 1.18 bits per heavy atom. The maximum Gasteiger partial charge on any atom is 0.000128 e. The molecule has 332 valence electrons. The van der Waals surface area contributed by atoms with E-state index in [9.17, 15) is 0 Å². The van der Waals surface area contributed by atoms with E-state index < -0.39 is 0 Å². The second kappa shape index (κ2) is 60.9. The largest absolute Gasteiger partial charge is 0.100 e. The normalized spacial score (nSPS) is 11.2. The lowest BCUT2D eigenvalue weighted by molar-refractivity contribution is 0.617. The molecule has 1 atom stereocenters. The van der Waals surface area contributed by atoms with Crippen molar-refractivity contribution in [3.05, 3.63) is 107 Å². The summed E-state index contributed by atoms with van der Waals surface area (Å²) in [5.74, 6) is 2.30. The lowest BCUT2D eigenvalue weighted by Crippen LogP contribution is -2.05. The van der Waals surface area contributed by atoms with Crippen LogP contribution in [0.3, 0.4) is 0 Å². The molecule has 0 saturated heterocycles. The zero-order valence-corrected chi connectivity index (χ0v) is 40.3. The van der Waals surface area contributed by atoms with Crippen LogP contribution in [0, 0.1) is 31.6 Å². The summed E-state index contributed by atoms with van der Waals surface area (Å²) in [4.78, 5) is 0. The van der Waals surface area contributed by atoms with Crippen molar-refractivity contribution >= 4 is 0 Å². The van der Waals surface area contributed by atoms with Crippen molar-refractivity contribution < 1.29 is 0 Å². The summed E-state index contributed by atoms with van der Waals surface area (Å²) in [6, 6.07) is 8.48. The van der Waals surface area contributed by atoms with Gasteiger partial charge in [-0.2, -0.15) is 0 Å². The summed E-state index contributed by atoms with van der Waals surface area (Å²) in [6.45, 7) is 58.0. The monoisotopic (exact) mass is 773 g/mol. The van der Waals surface area contributed by atoms with E-state index in [1.54, 1.807) is 11.1 Å². The molecule has 1 fully saturated rings. The average molecular weight is 774 g/mol. The number of hydrogen-bond acceptors (Lipinski definition) is 0. The van der Waals surface area contributed by atoms with Gasteiger partial charge in [-0.25, -0.2) is 0 Å². The van der Waals surface area contributed by atoms with E-state index in [4.69, 9.17) is 0 Å². The van der Waals surface area contributed by atoms with E-state index in [2.05, 4.69) is 146 Å².